The maximum Gasteiger partial charge on any atom is 0.302 e. The second-order valence-corrected chi connectivity index (χ2v) is 6.24. The van der Waals surface area contributed by atoms with Crippen molar-refractivity contribution in [2.45, 2.75) is 64.8 Å². The van der Waals surface area contributed by atoms with Crippen molar-refractivity contribution in [3.8, 4) is 0 Å². The molecule has 0 amide bonds. The Labute approximate surface area is 108 Å². The van der Waals surface area contributed by atoms with Crippen LogP contribution in [0.15, 0.2) is 0 Å². The molecule has 4 nitrogen and oxygen atoms in total. The standard InChI is InChI=1S/C14H24O4/c1-8-10(16)6-7-14(3)12(17)5-4-11(13(8)14)18-9(2)15/h8,10-13,16-17H,4-7H2,1-3H3/t8-,10-,11-,12-,13+,14+/m1/s1. The lowest BCUT2D eigenvalue weighted by Crippen LogP contribution is -2.57. The topological polar surface area (TPSA) is 66.8 Å². The van der Waals surface area contributed by atoms with Gasteiger partial charge in [0.1, 0.15) is 6.10 Å². The van der Waals surface area contributed by atoms with Gasteiger partial charge >= 0.3 is 5.97 Å². The molecular formula is C14H24O4. The highest BCUT2D eigenvalue weighted by Crippen LogP contribution is 2.53. The number of rotatable bonds is 1. The van der Waals surface area contributed by atoms with Crippen LogP contribution >= 0.6 is 0 Å². The number of fused-ring (bicyclic) bond motifs is 1. The first-order chi connectivity index (χ1) is 8.36. The molecule has 104 valence electrons. The highest BCUT2D eigenvalue weighted by atomic mass is 16.5. The number of esters is 1. The Balaban J connectivity index is 2.27. The third-order valence-electron chi connectivity index (χ3n) is 5.12. The zero-order chi connectivity index (χ0) is 13.5. The van der Waals surface area contributed by atoms with E-state index in [2.05, 4.69) is 6.92 Å². The summed E-state index contributed by atoms with van der Waals surface area (Å²) < 4.78 is 5.43. The number of aliphatic hydroxyl groups excluding tert-OH is 2. The number of carbonyl (C=O) groups is 1. The largest absolute Gasteiger partial charge is 0.462 e. The van der Waals surface area contributed by atoms with Crippen molar-refractivity contribution in [3.63, 3.8) is 0 Å². The molecule has 2 rings (SSSR count). The van der Waals surface area contributed by atoms with Crippen LogP contribution in [0.2, 0.25) is 0 Å². The lowest BCUT2D eigenvalue weighted by molar-refractivity contribution is -0.188. The Bertz CT molecular complexity index is 330. The molecule has 0 aromatic carbocycles. The monoisotopic (exact) mass is 256 g/mol. The van der Waals surface area contributed by atoms with E-state index < -0.39 is 0 Å². The van der Waals surface area contributed by atoms with Crippen LogP contribution in [0.3, 0.4) is 0 Å². The van der Waals surface area contributed by atoms with Gasteiger partial charge < -0.3 is 14.9 Å². The quantitative estimate of drug-likeness (QED) is 0.697. The van der Waals surface area contributed by atoms with E-state index in [4.69, 9.17) is 4.74 Å². The van der Waals surface area contributed by atoms with E-state index in [9.17, 15) is 15.0 Å². The zero-order valence-corrected chi connectivity index (χ0v) is 11.4. The van der Waals surface area contributed by atoms with Crippen molar-refractivity contribution < 1.29 is 19.7 Å². The van der Waals surface area contributed by atoms with Gasteiger partial charge in [-0.1, -0.05) is 13.8 Å². The van der Waals surface area contributed by atoms with Crippen molar-refractivity contribution in [3.05, 3.63) is 0 Å². The maximum atomic E-state index is 11.2. The third kappa shape index (κ3) is 2.16. The zero-order valence-electron chi connectivity index (χ0n) is 11.4. The molecule has 2 fully saturated rings. The van der Waals surface area contributed by atoms with E-state index in [0.717, 1.165) is 12.8 Å². The molecule has 0 aromatic rings. The summed E-state index contributed by atoms with van der Waals surface area (Å²) in [6, 6.07) is 0. The summed E-state index contributed by atoms with van der Waals surface area (Å²) in [5.74, 6) is -0.164. The van der Waals surface area contributed by atoms with Crippen LogP contribution in [0.5, 0.6) is 0 Å². The summed E-state index contributed by atoms with van der Waals surface area (Å²) in [5.41, 5.74) is -0.239. The molecule has 0 radical (unpaired) electrons. The van der Waals surface area contributed by atoms with Crippen molar-refractivity contribution in [2.75, 3.05) is 0 Å². The predicted octanol–water partition coefficient (Wildman–Crippen LogP) is 1.49. The van der Waals surface area contributed by atoms with E-state index in [-0.39, 0.29) is 41.5 Å². The van der Waals surface area contributed by atoms with Gasteiger partial charge in [-0.05, 0) is 31.6 Å². The molecular weight excluding hydrogens is 232 g/mol. The molecule has 0 heterocycles. The number of hydrogen-bond donors (Lipinski definition) is 2. The van der Waals surface area contributed by atoms with Crippen LogP contribution in [0.25, 0.3) is 0 Å². The summed E-state index contributed by atoms with van der Waals surface area (Å²) in [7, 11) is 0. The molecule has 2 saturated carbocycles. The van der Waals surface area contributed by atoms with Gasteiger partial charge in [-0.3, -0.25) is 4.79 Å². The molecule has 0 aliphatic heterocycles. The van der Waals surface area contributed by atoms with Gasteiger partial charge in [-0.25, -0.2) is 0 Å². The van der Waals surface area contributed by atoms with E-state index in [1.54, 1.807) is 0 Å². The minimum Gasteiger partial charge on any atom is -0.462 e. The molecule has 0 spiro atoms. The number of hydrogen-bond acceptors (Lipinski definition) is 4. The Kier molecular flexibility index (Phi) is 3.70. The van der Waals surface area contributed by atoms with Gasteiger partial charge in [0, 0.05) is 18.3 Å². The Morgan fingerprint density at radius 2 is 1.94 bits per heavy atom. The molecule has 2 N–H and O–H groups in total. The Morgan fingerprint density at radius 3 is 2.56 bits per heavy atom. The summed E-state index contributed by atoms with van der Waals surface area (Å²) in [4.78, 5) is 11.2. The molecule has 18 heavy (non-hydrogen) atoms. The van der Waals surface area contributed by atoms with Crippen LogP contribution in [-0.4, -0.2) is 34.5 Å². The van der Waals surface area contributed by atoms with Crippen LogP contribution in [0.4, 0.5) is 0 Å². The molecule has 0 saturated heterocycles. The van der Waals surface area contributed by atoms with E-state index in [0.29, 0.717) is 12.8 Å². The third-order valence-corrected chi connectivity index (χ3v) is 5.12. The molecule has 2 aliphatic carbocycles. The summed E-state index contributed by atoms with van der Waals surface area (Å²) >= 11 is 0. The van der Waals surface area contributed by atoms with Crippen molar-refractivity contribution in [1.29, 1.82) is 0 Å². The van der Waals surface area contributed by atoms with Crippen LogP contribution in [0.1, 0.15) is 46.5 Å². The van der Waals surface area contributed by atoms with E-state index in [1.807, 2.05) is 6.92 Å². The van der Waals surface area contributed by atoms with Gasteiger partial charge in [0.25, 0.3) is 0 Å². The van der Waals surface area contributed by atoms with Crippen molar-refractivity contribution in [2.24, 2.45) is 17.3 Å². The highest BCUT2D eigenvalue weighted by Gasteiger charge is 2.54. The molecule has 0 aromatic heterocycles. The first-order valence-electron chi connectivity index (χ1n) is 6.89. The second kappa shape index (κ2) is 4.82. The van der Waals surface area contributed by atoms with Gasteiger partial charge in [0.2, 0.25) is 0 Å². The molecule has 0 bridgehead atoms. The van der Waals surface area contributed by atoms with E-state index >= 15 is 0 Å². The number of aliphatic hydroxyl groups is 2. The Morgan fingerprint density at radius 1 is 1.28 bits per heavy atom. The summed E-state index contributed by atoms with van der Waals surface area (Å²) in [5, 5.41) is 20.3. The Hall–Kier alpha value is -0.610. The molecule has 6 atom stereocenters. The predicted molar refractivity (Wildman–Crippen MR) is 66.8 cm³/mol. The van der Waals surface area contributed by atoms with Crippen LogP contribution < -0.4 is 0 Å². The van der Waals surface area contributed by atoms with Crippen LogP contribution in [0, 0.1) is 17.3 Å². The minimum atomic E-state index is -0.357. The first-order valence-corrected chi connectivity index (χ1v) is 6.89. The van der Waals surface area contributed by atoms with Gasteiger partial charge in [0.05, 0.1) is 12.2 Å². The van der Waals surface area contributed by atoms with E-state index in [1.165, 1.54) is 6.92 Å². The lowest BCUT2D eigenvalue weighted by Gasteiger charge is -2.55. The fraction of sp³-hybridized carbons (Fsp3) is 0.929. The summed E-state index contributed by atoms with van der Waals surface area (Å²) in [6.07, 6.45) is 2.00. The average Bonchev–Trinajstić information content (AvgIpc) is 2.29. The van der Waals surface area contributed by atoms with Gasteiger partial charge in [-0.15, -0.1) is 0 Å². The smallest absolute Gasteiger partial charge is 0.302 e. The molecule has 0 unspecified atom stereocenters. The van der Waals surface area contributed by atoms with Crippen LogP contribution in [-0.2, 0) is 9.53 Å². The second-order valence-electron chi connectivity index (χ2n) is 6.24. The van der Waals surface area contributed by atoms with Crippen molar-refractivity contribution >= 4 is 5.97 Å². The number of ether oxygens (including phenoxy) is 1. The minimum absolute atomic E-state index is 0.0499. The SMILES string of the molecule is CC(=O)O[C@@H]1CC[C@@H](O)[C@]2(C)CC[C@@H](O)[C@@H](C)[C@@H]12. The lowest BCUT2D eigenvalue weighted by atomic mass is 9.54. The average molecular weight is 256 g/mol. The fourth-order valence-electron chi connectivity index (χ4n) is 4.06. The van der Waals surface area contributed by atoms with Gasteiger partial charge in [-0.2, -0.15) is 0 Å². The molecule has 2 aliphatic rings. The van der Waals surface area contributed by atoms with Crippen molar-refractivity contribution in [1.82, 2.24) is 0 Å². The van der Waals surface area contributed by atoms with Gasteiger partial charge in [0.15, 0.2) is 0 Å². The fourth-order valence-corrected chi connectivity index (χ4v) is 4.06. The number of carbonyl (C=O) groups excluding carboxylic acids is 1. The maximum absolute atomic E-state index is 11.2. The first kappa shape index (κ1) is 13.8. The normalized spacial score (nSPS) is 48.4. The highest BCUT2D eigenvalue weighted by molar-refractivity contribution is 5.66. The summed E-state index contributed by atoms with van der Waals surface area (Å²) in [6.45, 7) is 5.49. The molecule has 4 heteroatoms.